The minimum absolute atomic E-state index is 0.210. The summed E-state index contributed by atoms with van der Waals surface area (Å²) in [6.45, 7) is 2.28. The van der Waals surface area contributed by atoms with Crippen LogP contribution in [0.1, 0.15) is 30.9 Å². The van der Waals surface area contributed by atoms with Crippen LogP contribution in [-0.2, 0) is 0 Å². The number of nitrogens with zero attached hydrogens (tertiary/aromatic N) is 1. The molecule has 47 heavy (non-hydrogen) atoms. The molecular formula is C45H36N2. The van der Waals surface area contributed by atoms with Gasteiger partial charge in [0.15, 0.2) is 0 Å². The second-order valence-corrected chi connectivity index (χ2v) is 13.1. The molecule has 0 aromatic heterocycles. The first-order valence-electron chi connectivity index (χ1n) is 16.8. The van der Waals surface area contributed by atoms with Crippen LogP contribution in [0, 0.1) is 5.92 Å². The number of hydrogen-bond donors (Lipinski definition) is 1. The smallest absolute Gasteiger partial charge is 0.0652 e. The minimum Gasteiger partial charge on any atom is -0.359 e. The fourth-order valence-corrected chi connectivity index (χ4v) is 7.77. The number of fused-ring (bicyclic) bond motifs is 6. The fraction of sp³-hybridized carbons (Fsp3) is 0.111. The molecule has 2 atom stereocenters. The van der Waals surface area contributed by atoms with Gasteiger partial charge in [0.05, 0.1) is 6.04 Å². The Kier molecular flexibility index (Phi) is 6.67. The zero-order valence-corrected chi connectivity index (χ0v) is 26.5. The van der Waals surface area contributed by atoms with Crippen LogP contribution in [0.15, 0.2) is 163 Å². The molecule has 2 nitrogen and oxygen atoms in total. The third-order valence-electron chi connectivity index (χ3n) is 10.0. The van der Waals surface area contributed by atoms with Crippen LogP contribution in [0.5, 0.6) is 0 Å². The van der Waals surface area contributed by atoms with E-state index in [9.17, 15) is 0 Å². The Balaban J connectivity index is 1.06. The van der Waals surface area contributed by atoms with Gasteiger partial charge < -0.3 is 10.2 Å². The SMILES string of the molecule is CC1C=C(c2ccc(NC3=CC=C4c5ccccc5N(c5cccc(-c6cc7ccccc7c7ccccc67)c5)C4C3)cc2)C=CC1. The average molecular weight is 605 g/mol. The van der Waals surface area contributed by atoms with E-state index in [1.807, 2.05) is 0 Å². The molecule has 6 aromatic rings. The number of nitrogens with one attached hydrogen (secondary N) is 1. The lowest BCUT2D eigenvalue weighted by Gasteiger charge is -2.31. The van der Waals surface area contributed by atoms with Crippen molar-refractivity contribution in [1.29, 1.82) is 0 Å². The number of anilines is 3. The molecule has 1 aliphatic heterocycles. The fourth-order valence-electron chi connectivity index (χ4n) is 7.77. The molecule has 3 aliphatic rings. The van der Waals surface area contributed by atoms with Crippen molar-refractivity contribution in [3.8, 4) is 11.1 Å². The van der Waals surface area contributed by atoms with E-state index in [4.69, 9.17) is 0 Å². The predicted octanol–water partition coefficient (Wildman–Crippen LogP) is 11.9. The van der Waals surface area contributed by atoms with Crippen LogP contribution >= 0.6 is 0 Å². The molecule has 1 N–H and O–H groups in total. The summed E-state index contributed by atoms with van der Waals surface area (Å²) in [7, 11) is 0. The summed E-state index contributed by atoms with van der Waals surface area (Å²) >= 11 is 0. The zero-order valence-electron chi connectivity index (χ0n) is 26.5. The molecule has 9 rings (SSSR count). The number of rotatable bonds is 5. The van der Waals surface area contributed by atoms with Crippen LogP contribution in [0.2, 0.25) is 0 Å². The molecule has 2 unspecified atom stereocenters. The van der Waals surface area contributed by atoms with Gasteiger partial charge >= 0.3 is 0 Å². The topological polar surface area (TPSA) is 15.3 Å². The average Bonchev–Trinajstić information content (AvgIpc) is 3.45. The summed E-state index contributed by atoms with van der Waals surface area (Å²) in [5.74, 6) is 0.590. The van der Waals surface area contributed by atoms with E-state index in [0.717, 1.165) is 18.5 Å². The quantitative estimate of drug-likeness (QED) is 0.197. The number of benzene rings is 6. The Morgan fingerprint density at radius 1 is 0.660 bits per heavy atom. The molecule has 0 saturated heterocycles. The van der Waals surface area contributed by atoms with Crippen molar-refractivity contribution >= 4 is 49.8 Å². The van der Waals surface area contributed by atoms with Crippen molar-refractivity contribution in [2.45, 2.75) is 25.8 Å². The maximum atomic E-state index is 3.76. The van der Waals surface area contributed by atoms with Gasteiger partial charge in [-0.05, 0) is 104 Å². The number of hydrogen-bond acceptors (Lipinski definition) is 2. The molecule has 0 fully saturated rings. The van der Waals surface area contributed by atoms with Crippen LogP contribution in [0.25, 0.3) is 43.8 Å². The molecule has 226 valence electrons. The van der Waals surface area contributed by atoms with E-state index in [0.29, 0.717) is 5.92 Å². The highest BCUT2D eigenvalue weighted by Gasteiger charge is 2.36. The standard InChI is InChI=1S/C45H36N2/c1-30-10-8-12-32(26-30)31-20-22-35(23-21-31)46-36-24-25-42-41-18-6-7-19-44(41)47(45(42)29-36)37-14-9-13-33(27-37)43-28-34-11-2-3-15-38(34)39-16-4-5-17-40(39)43/h2-9,11-28,30,45-46H,10,29H2,1H3. The van der Waals surface area contributed by atoms with Crippen LogP contribution in [0.3, 0.4) is 0 Å². The lowest BCUT2D eigenvalue weighted by Crippen LogP contribution is -2.29. The van der Waals surface area contributed by atoms with Crippen LogP contribution in [-0.4, -0.2) is 6.04 Å². The second-order valence-electron chi connectivity index (χ2n) is 13.1. The summed E-state index contributed by atoms with van der Waals surface area (Å²) in [6, 6.07) is 47.0. The predicted molar refractivity (Wildman–Crippen MR) is 201 cm³/mol. The lowest BCUT2D eigenvalue weighted by molar-refractivity contribution is 0.740. The molecule has 0 bridgehead atoms. The molecule has 0 spiro atoms. The highest BCUT2D eigenvalue weighted by Crippen LogP contribution is 2.49. The van der Waals surface area contributed by atoms with Crippen molar-refractivity contribution in [2.75, 3.05) is 10.2 Å². The minimum atomic E-state index is 0.210. The third kappa shape index (κ3) is 4.89. The summed E-state index contributed by atoms with van der Waals surface area (Å²) in [4.78, 5) is 2.55. The monoisotopic (exact) mass is 604 g/mol. The highest BCUT2D eigenvalue weighted by molar-refractivity contribution is 6.14. The number of allylic oxidation sites excluding steroid dienone is 6. The first-order chi connectivity index (χ1) is 23.2. The van der Waals surface area contributed by atoms with Crippen molar-refractivity contribution in [3.05, 3.63) is 175 Å². The van der Waals surface area contributed by atoms with Gasteiger partial charge in [-0.15, -0.1) is 0 Å². The maximum Gasteiger partial charge on any atom is 0.0652 e. The van der Waals surface area contributed by atoms with E-state index in [2.05, 4.69) is 175 Å². The molecule has 0 radical (unpaired) electrons. The van der Waals surface area contributed by atoms with Gasteiger partial charge in [-0.2, -0.15) is 0 Å². The van der Waals surface area contributed by atoms with Crippen LogP contribution in [0.4, 0.5) is 17.1 Å². The first kappa shape index (κ1) is 27.7. The summed E-state index contributed by atoms with van der Waals surface area (Å²) in [6.07, 6.45) is 13.5. The lowest BCUT2D eigenvalue weighted by atomic mass is 9.92. The van der Waals surface area contributed by atoms with Crippen molar-refractivity contribution in [3.63, 3.8) is 0 Å². The van der Waals surface area contributed by atoms with E-state index in [1.54, 1.807) is 0 Å². The summed E-state index contributed by atoms with van der Waals surface area (Å²) < 4.78 is 0. The number of para-hydroxylation sites is 1. The molecule has 1 heterocycles. The van der Waals surface area contributed by atoms with Gasteiger partial charge in [0.2, 0.25) is 0 Å². The largest absolute Gasteiger partial charge is 0.359 e. The van der Waals surface area contributed by atoms with E-state index in [-0.39, 0.29) is 6.04 Å². The maximum absolute atomic E-state index is 3.76. The van der Waals surface area contributed by atoms with Gasteiger partial charge in [-0.3, -0.25) is 0 Å². The third-order valence-corrected chi connectivity index (χ3v) is 10.0. The van der Waals surface area contributed by atoms with E-state index in [1.165, 1.54) is 72.0 Å². The first-order valence-corrected chi connectivity index (χ1v) is 16.8. The van der Waals surface area contributed by atoms with Gasteiger partial charge in [-0.25, -0.2) is 0 Å². The van der Waals surface area contributed by atoms with E-state index >= 15 is 0 Å². The van der Waals surface area contributed by atoms with Gasteiger partial charge in [0.25, 0.3) is 0 Å². The summed E-state index contributed by atoms with van der Waals surface area (Å²) in [5, 5.41) is 8.91. The van der Waals surface area contributed by atoms with Gasteiger partial charge in [0.1, 0.15) is 0 Å². The molecule has 2 aliphatic carbocycles. The van der Waals surface area contributed by atoms with Crippen molar-refractivity contribution < 1.29 is 0 Å². The van der Waals surface area contributed by atoms with Gasteiger partial charge in [0, 0.05) is 34.7 Å². The molecule has 0 saturated carbocycles. The Morgan fingerprint density at radius 2 is 1.45 bits per heavy atom. The Labute approximate surface area is 276 Å². The normalized spacial score (nSPS) is 18.4. The zero-order chi connectivity index (χ0) is 31.3. The summed E-state index contributed by atoms with van der Waals surface area (Å²) in [5.41, 5.74) is 12.6. The van der Waals surface area contributed by atoms with Crippen LogP contribution < -0.4 is 10.2 Å². The highest BCUT2D eigenvalue weighted by atomic mass is 15.2. The van der Waals surface area contributed by atoms with Crippen molar-refractivity contribution in [1.82, 2.24) is 0 Å². The molecular weight excluding hydrogens is 569 g/mol. The Hall–Kier alpha value is -5.60. The van der Waals surface area contributed by atoms with Gasteiger partial charge in [-0.1, -0.05) is 122 Å². The van der Waals surface area contributed by atoms with Crippen molar-refractivity contribution in [2.24, 2.45) is 5.92 Å². The Bertz CT molecular complexity index is 2300. The Morgan fingerprint density at radius 3 is 2.32 bits per heavy atom. The molecule has 2 heteroatoms. The second kappa shape index (κ2) is 11.3. The molecule has 6 aromatic carbocycles. The molecule has 0 amide bonds. The van der Waals surface area contributed by atoms with E-state index < -0.39 is 0 Å².